The maximum Gasteiger partial charge on any atom is 0.282 e. The lowest BCUT2D eigenvalue weighted by atomic mass is 9.95. The Hall–Kier alpha value is -1.34. The smallest absolute Gasteiger partial charge is 0.282 e. The zero-order chi connectivity index (χ0) is 14.6. The molecule has 0 amide bonds. The van der Waals surface area contributed by atoms with Crippen LogP contribution in [-0.2, 0) is 0 Å². The molecule has 1 fully saturated rings. The van der Waals surface area contributed by atoms with E-state index in [1.807, 2.05) is 19.1 Å². The van der Waals surface area contributed by atoms with Gasteiger partial charge in [-0.05, 0) is 43.2 Å². The molecule has 0 N–H and O–H groups in total. The van der Waals surface area contributed by atoms with Crippen molar-refractivity contribution in [2.75, 3.05) is 14.2 Å². The van der Waals surface area contributed by atoms with Crippen LogP contribution in [0.3, 0.4) is 0 Å². The van der Waals surface area contributed by atoms with Crippen molar-refractivity contribution in [2.24, 2.45) is 0 Å². The van der Waals surface area contributed by atoms with Gasteiger partial charge in [0.05, 0.1) is 19.1 Å². The number of ether oxygens (including phenoxy) is 2. The van der Waals surface area contributed by atoms with Crippen molar-refractivity contribution in [3.05, 3.63) is 29.1 Å². The quantitative estimate of drug-likeness (QED) is 0.752. The summed E-state index contributed by atoms with van der Waals surface area (Å²) in [5.74, 6) is 1.53. The van der Waals surface area contributed by atoms with Crippen molar-refractivity contribution in [1.29, 1.82) is 0 Å². The number of methoxy groups -OCH3 is 2. The van der Waals surface area contributed by atoms with E-state index >= 15 is 0 Å². The Balaban J connectivity index is 2.35. The summed E-state index contributed by atoms with van der Waals surface area (Å²) in [6.45, 7) is 9.60. The van der Waals surface area contributed by atoms with Crippen LogP contribution >= 0.6 is 11.8 Å². The summed E-state index contributed by atoms with van der Waals surface area (Å²) in [6, 6.07) is 4.08. The molecular formula is C16H21NO2S. The first-order valence-corrected chi connectivity index (χ1v) is 7.76. The van der Waals surface area contributed by atoms with E-state index in [1.165, 1.54) is 6.42 Å². The molecule has 1 aliphatic carbocycles. The van der Waals surface area contributed by atoms with Crippen LogP contribution in [0.1, 0.15) is 37.7 Å². The van der Waals surface area contributed by atoms with Gasteiger partial charge in [-0.3, -0.25) is 4.85 Å². The summed E-state index contributed by atoms with van der Waals surface area (Å²) in [6.07, 6.45) is 5.44. The molecule has 1 aliphatic rings. The number of hydrogen-bond acceptors (Lipinski definition) is 3. The van der Waals surface area contributed by atoms with E-state index in [9.17, 15) is 0 Å². The van der Waals surface area contributed by atoms with Crippen LogP contribution in [0.25, 0.3) is 4.85 Å². The largest absolute Gasteiger partial charge is 0.493 e. The van der Waals surface area contributed by atoms with Crippen molar-refractivity contribution in [3.63, 3.8) is 0 Å². The first-order valence-electron chi connectivity index (χ1n) is 6.95. The molecule has 0 atom stereocenters. The van der Waals surface area contributed by atoms with Gasteiger partial charge in [-0.1, -0.05) is 12.5 Å². The molecule has 0 radical (unpaired) electrons. The van der Waals surface area contributed by atoms with Gasteiger partial charge < -0.3 is 9.47 Å². The summed E-state index contributed by atoms with van der Waals surface area (Å²) >= 11 is 1.64. The van der Waals surface area contributed by atoms with E-state index in [4.69, 9.17) is 16.0 Å². The van der Waals surface area contributed by atoms with Crippen molar-refractivity contribution < 1.29 is 9.47 Å². The Morgan fingerprint density at radius 3 is 2.30 bits per heavy atom. The van der Waals surface area contributed by atoms with E-state index in [0.29, 0.717) is 0 Å². The van der Waals surface area contributed by atoms with Gasteiger partial charge in [0.25, 0.3) is 4.87 Å². The zero-order valence-corrected chi connectivity index (χ0v) is 13.2. The standard InChI is InChI=1S/C16H21NO2S/c1-12-8-9-13(15(19-4)14(12)18-3)20-16(17-2)10-6-5-7-11-16/h8-9H,5-7,10-11H2,1,3-4H3. The van der Waals surface area contributed by atoms with Gasteiger partial charge in [-0.15, -0.1) is 0 Å². The second-order valence-corrected chi connectivity index (χ2v) is 6.57. The van der Waals surface area contributed by atoms with Crippen LogP contribution in [0.5, 0.6) is 11.5 Å². The van der Waals surface area contributed by atoms with Crippen LogP contribution in [0.2, 0.25) is 0 Å². The van der Waals surface area contributed by atoms with Crippen LogP contribution in [-0.4, -0.2) is 19.1 Å². The SMILES string of the molecule is [C-]#[N+]C1(Sc2ccc(C)c(OC)c2OC)CCCCC1. The molecule has 0 saturated heterocycles. The van der Waals surface area contributed by atoms with Gasteiger partial charge in [0.2, 0.25) is 0 Å². The highest BCUT2D eigenvalue weighted by Crippen LogP contribution is 2.50. The molecule has 4 heteroatoms. The first-order chi connectivity index (χ1) is 9.65. The Labute approximate surface area is 125 Å². The summed E-state index contributed by atoms with van der Waals surface area (Å²) in [4.78, 5) is 4.62. The molecule has 0 heterocycles. The third-order valence-corrected chi connectivity index (χ3v) is 5.24. The van der Waals surface area contributed by atoms with Crippen LogP contribution in [0, 0.1) is 13.5 Å². The monoisotopic (exact) mass is 291 g/mol. The Bertz CT molecular complexity index is 516. The van der Waals surface area contributed by atoms with Gasteiger partial charge in [0.15, 0.2) is 11.5 Å². The lowest BCUT2D eigenvalue weighted by Crippen LogP contribution is -2.23. The molecule has 0 unspecified atom stereocenters. The summed E-state index contributed by atoms with van der Waals surface area (Å²) in [5.41, 5.74) is 1.05. The second-order valence-electron chi connectivity index (χ2n) is 5.17. The number of aryl methyl sites for hydroxylation is 1. The molecule has 3 nitrogen and oxygen atoms in total. The van der Waals surface area contributed by atoms with Crippen molar-refractivity contribution in [3.8, 4) is 11.5 Å². The zero-order valence-electron chi connectivity index (χ0n) is 12.4. The number of benzene rings is 1. The molecule has 0 spiro atoms. The predicted molar refractivity (Wildman–Crippen MR) is 82.6 cm³/mol. The van der Waals surface area contributed by atoms with E-state index in [1.54, 1.807) is 26.0 Å². The van der Waals surface area contributed by atoms with Crippen molar-refractivity contribution in [2.45, 2.75) is 48.8 Å². The molecule has 2 rings (SSSR count). The predicted octanol–water partition coefficient (Wildman–Crippen LogP) is 4.68. The van der Waals surface area contributed by atoms with E-state index in [2.05, 4.69) is 4.85 Å². The van der Waals surface area contributed by atoms with Crippen molar-refractivity contribution in [1.82, 2.24) is 0 Å². The second kappa shape index (κ2) is 6.41. The Morgan fingerprint density at radius 2 is 1.75 bits per heavy atom. The van der Waals surface area contributed by atoms with Crippen LogP contribution in [0.15, 0.2) is 17.0 Å². The number of hydrogen-bond donors (Lipinski definition) is 0. The molecule has 0 bridgehead atoms. The highest BCUT2D eigenvalue weighted by molar-refractivity contribution is 8.01. The topological polar surface area (TPSA) is 22.8 Å². The normalized spacial score (nSPS) is 17.3. The lowest BCUT2D eigenvalue weighted by molar-refractivity contribution is 0.345. The maximum absolute atomic E-state index is 7.59. The lowest BCUT2D eigenvalue weighted by Gasteiger charge is -2.26. The van der Waals surface area contributed by atoms with Gasteiger partial charge >= 0.3 is 0 Å². The molecule has 1 aromatic rings. The third kappa shape index (κ3) is 2.88. The average molecular weight is 291 g/mol. The number of rotatable bonds is 4. The van der Waals surface area contributed by atoms with Crippen LogP contribution in [0.4, 0.5) is 0 Å². The first kappa shape index (κ1) is 15.1. The highest BCUT2D eigenvalue weighted by Gasteiger charge is 2.40. The fraction of sp³-hybridized carbons (Fsp3) is 0.562. The summed E-state index contributed by atoms with van der Waals surface area (Å²) in [7, 11) is 3.32. The minimum Gasteiger partial charge on any atom is -0.493 e. The fourth-order valence-corrected chi connectivity index (χ4v) is 4.07. The minimum absolute atomic E-state index is 0.328. The third-order valence-electron chi connectivity index (χ3n) is 3.82. The summed E-state index contributed by atoms with van der Waals surface area (Å²) < 4.78 is 11.0. The van der Waals surface area contributed by atoms with E-state index in [-0.39, 0.29) is 4.87 Å². The molecular weight excluding hydrogens is 270 g/mol. The molecule has 1 saturated carbocycles. The Morgan fingerprint density at radius 1 is 1.10 bits per heavy atom. The average Bonchev–Trinajstić information content (AvgIpc) is 2.49. The molecule has 0 aliphatic heterocycles. The Kier molecular flexibility index (Phi) is 4.82. The molecule has 108 valence electrons. The highest BCUT2D eigenvalue weighted by atomic mass is 32.2. The summed E-state index contributed by atoms with van der Waals surface area (Å²) in [5, 5.41) is 0. The number of nitrogens with zero attached hydrogens (tertiary/aromatic N) is 1. The minimum atomic E-state index is -0.328. The maximum atomic E-state index is 7.59. The van der Waals surface area contributed by atoms with Crippen LogP contribution < -0.4 is 9.47 Å². The van der Waals surface area contributed by atoms with E-state index in [0.717, 1.165) is 47.6 Å². The number of thioether (sulfide) groups is 1. The fourth-order valence-electron chi connectivity index (χ4n) is 2.72. The van der Waals surface area contributed by atoms with Gasteiger partial charge in [-0.25, -0.2) is 6.57 Å². The molecule has 20 heavy (non-hydrogen) atoms. The molecule has 1 aromatic carbocycles. The van der Waals surface area contributed by atoms with Gasteiger partial charge in [-0.2, -0.15) is 0 Å². The van der Waals surface area contributed by atoms with Gasteiger partial charge in [0, 0.05) is 12.8 Å². The van der Waals surface area contributed by atoms with Gasteiger partial charge in [0.1, 0.15) is 0 Å². The molecule has 0 aromatic heterocycles. The van der Waals surface area contributed by atoms with E-state index < -0.39 is 0 Å². The van der Waals surface area contributed by atoms with Crippen molar-refractivity contribution >= 4 is 11.8 Å².